The number of hydrogen-bond acceptors (Lipinski definition) is 3. The SMILES string of the molecule is CCCN(C)S(=O)(=O)c1cccc(C(=O)NC)c1. The van der Waals surface area contributed by atoms with Gasteiger partial charge in [-0.3, -0.25) is 4.79 Å². The van der Waals surface area contributed by atoms with E-state index >= 15 is 0 Å². The van der Waals surface area contributed by atoms with Gasteiger partial charge in [-0.05, 0) is 24.6 Å². The van der Waals surface area contributed by atoms with Crippen LogP contribution in [0, 0.1) is 0 Å². The third-order valence-electron chi connectivity index (χ3n) is 2.57. The van der Waals surface area contributed by atoms with Gasteiger partial charge in [0.25, 0.3) is 5.91 Å². The van der Waals surface area contributed by atoms with Crippen molar-refractivity contribution in [3.8, 4) is 0 Å². The average Bonchev–Trinajstić information content (AvgIpc) is 2.38. The smallest absolute Gasteiger partial charge is 0.251 e. The largest absolute Gasteiger partial charge is 0.355 e. The average molecular weight is 270 g/mol. The summed E-state index contributed by atoms with van der Waals surface area (Å²) in [5.41, 5.74) is 0.337. The van der Waals surface area contributed by atoms with Gasteiger partial charge in [-0.15, -0.1) is 0 Å². The van der Waals surface area contributed by atoms with Crippen LogP contribution in [0.4, 0.5) is 0 Å². The van der Waals surface area contributed by atoms with Gasteiger partial charge < -0.3 is 5.32 Å². The fraction of sp³-hybridized carbons (Fsp3) is 0.417. The third-order valence-corrected chi connectivity index (χ3v) is 4.42. The van der Waals surface area contributed by atoms with E-state index in [4.69, 9.17) is 0 Å². The molecule has 0 aliphatic rings. The monoisotopic (exact) mass is 270 g/mol. The zero-order valence-corrected chi connectivity index (χ0v) is 11.6. The zero-order valence-electron chi connectivity index (χ0n) is 10.8. The van der Waals surface area contributed by atoms with Crippen LogP contribution in [0.5, 0.6) is 0 Å². The summed E-state index contributed by atoms with van der Waals surface area (Å²) in [7, 11) is -0.472. The van der Waals surface area contributed by atoms with E-state index in [0.717, 1.165) is 6.42 Å². The quantitative estimate of drug-likeness (QED) is 0.870. The second-order valence-electron chi connectivity index (χ2n) is 3.93. The van der Waals surface area contributed by atoms with E-state index in [1.165, 1.54) is 30.5 Å². The molecule has 5 nitrogen and oxygen atoms in total. The van der Waals surface area contributed by atoms with Gasteiger partial charge in [0.1, 0.15) is 0 Å². The summed E-state index contributed by atoms with van der Waals surface area (Å²) in [4.78, 5) is 11.6. The summed E-state index contributed by atoms with van der Waals surface area (Å²) in [6.45, 7) is 2.36. The summed E-state index contributed by atoms with van der Waals surface area (Å²) < 4.78 is 25.6. The Bertz CT molecular complexity index is 526. The van der Waals surface area contributed by atoms with Crippen LogP contribution >= 0.6 is 0 Å². The van der Waals surface area contributed by atoms with Crippen molar-refractivity contribution < 1.29 is 13.2 Å². The zero-order chi connectivity index (χ0) is 13.8. The van der Waals surface area contributed by atoms with Crippen molar-refractivity contribution in [1.82, 2.24) is 9.62 Å². The highest BCUT2D eigenvalue weighted by Gasteiger charge is 2.20. The second-order valence-corrected chi connectivity index (χ2v) is 5.98. The number of amides is 1. The molecule has 0 atom stereocenters. The van der Waals surface area contributed by atoms with E-state index < -0.39 is 10.0 Å². The Morgan fingerprint density at radius 1 is 1.39 bits per heavy atom. The van der Waals surface area contributed by atoms with E-state index in [9.17, 15) is 13.2 Å². The highest BCUT2D eigenvalue weighted by molar-refractivity contribution is 7.89. The minimum absolute atomic E-state index is 0.138. The van der Waals surface area contributed by atoms with Crippen molar-refractivity contribution in [1.29, 1.82) is 0 Å². The molecule has 0 saturated carbocycles. The number of rotatable bonds is 5. The van der Waals surface area contributed by atoms with Crippen LogP contribution in [0.25, 0.3) is 0 Å². The van der Waals surface area contributed by atoms with E-state index in [1.54, 1.807) is 12.1 Å². The van der Waals surface area contributed by atoms with Gasteiger partial charge in [0.2, 0.25) is 10.0 Å². The summed E-state index contributed by atoms with van der Waals surface area (Å²) in [5.74, 6) is -0.301. The molecule has 6 heteroatoms. The molecule has 1 N–H and O–H groups in total. The van der Waals surface area contributed by atoms with Crippen molar-refractivity contribution in [2.75, 3.05) is 20.6 Å². The molecular formula is C12H18N2O3S. The predicted octanol–water partition coefficient (Wildman–Crippen LogP) is 1.08. The molecule has 0 heterocycles. The van der Waals surface area contributed by atoms with Crippen LogP contribution in [0.15, 0.2) is 29.2 Å². The van der Waals surface area contributed by atoms with Crippen LogP contribution in [-0.4, -0.2) is 39.3 Å². The molecule has 1 aromatic rings. The minimum Gasteiger partial charge on any atom is -0.355 e. The topological polar surface area (TPSA) is 66.5 Å². The van der Waals surface area contributed by atoms with Crippen molar-refractivity contribution in [2.24, 2.45) is 0 Å². The molecule has 1 rings (SSSR count). The number of benzene rings is 1. The normalized spacial score (nSPS) is 11.6. The van der Waals surface area contributed by atoms with Crippen LogP contribution in [0.1, 0.15) is 23.7 Å². The lowest BCUT2D eigenvalue weighted by Crippen LogP contribution is -2.28. The Balaban J connectivity index is 3.14. The number of hydrogen-bond donors (Lipinski definition) is 1. The Hall–Kier alpha value is -1.40. The van der Waals surface area contributed by atoms with E-state index in [0.29, 0.717) is 12.1 Å². The molecule has 1 amide bonds. The lowest BCUT2D eigenvalue weighted by Gasteiger charge is -2.16. The molecule has 0 radical (unpaired) electrons. The van der Waals surface area contributed by atoms with Crippen molar-refractivity contribution in [3.05, 3.63) is 29.8 Å². The Labute approximate surface area is 108 Å². The van der Waals surface area contributed by atoms with E-state index in [1.807, 2.05) is 6.92 Å². The maximum absolute atomic E-state index is 12.2. The van der Waals surface area contributed by atoms with E-state index in [-0.39, 0.29) is 10.8 Å². The first-order valence-electron chi connectivity index (χ1n) is 5.72. The summed E-state index contributed by atoms with van der Waals surface area (Å²) in [6.07, 6.45) is 0.741. The first-order valence-corrected chi connectivity index (χ1v) is 7.16. The molecule has 1 aromatic carbocycles. The molecular weight excluding hydrogens is 252 g/mol. The number of nitrogens with zero attached hydrogens (tertiary/aromatic N) is 1. The Morgan fingerprint density at radius 2 is 2.06 bits per heavy atom. The van der Waals surface area contributed by atoms with Crippen molar-refractivity contribution in [2.45, 2.75) is 18.2 Å². The maximum Gasteiger partial charge on any atom is 0.251 e. The molecule has 100 valence electrons. The van der Waals surface area contributed by atoms with Crippen LogP contribution < -0.4 is 5.32 Å². The standard InChI is InChI=1S/C12H18N2O3S/c1-4-8-14(3)18(16,17)11-7-5-6-10(9-11)12(15)13-2/h5-7,9H,4,8H2,1-3H3,(H,13,15). The van der Waals surface area contributed by atoms with Crippen molar-refractivity contribution in [3.63, 3.8) is 0 Å². The number of sulfonamides is 1. The molecule has 0 fully saturated rings. The fourth-order valence-electron chi connectivity index (χ4n) is 1.56. The highest BCUT2D eigenvalue weighted by atomic mass is 32.2. The lowest BCUT2D eigenvalue weighted by atomic mass is 10.2. The van der Waals surface area contributed by atoms with Crippen LogP contribution in [-0.2, 0) is 10.0 Å². The van der Waals surface area contributed by atoms with Gasteiger partial charge in [-0.25, -0.2) is 12.7 Å². The maximum atomic E-state index is 12.2. The summed E-state index contributed by atoms with van der Waals surface area (Å²) >= 11 is 0. The highest BCUT2D eigenvalue weighted by Crippen LogP contribution is 2.16. The van der Waals surface area contributed by atoms with E-state index in [2.05, 4.69) is 5.32 Å². The molecule has 0 bridgehead atoms. The van der Waals surface area contributed by atoms with Gasteiger partial charge in [0.05, 0.1) is 4.90 Å². The third kappa shape index (κ3) is 3.08. The van der Waals surface area contributed by atoms with Gasteiger partial charge in [-0.2, -0.15) is 0 Å². The number of nitrogens with one attached hydrogen (secondary N) is 1. The first kappa shape index (κ1) is 14.7. The molecule has 0 unspecified atom stereocenters. The molecule has 0 aliphatic carbocycles. The molecule has 0 spiro atoms. The minimum atomic E-state index is -3.51. The van der Waals surface area contributed by atoms with Gasteiger partial charge in [0.15, 0.2) is 0 Å². The van der Waals surface area contributed by atoms with Gasteiger partial charge in [0, 0.05) is 26.2 Å². The van der Waals surface area contributed by atoms with Crippen molar-refractivity contribution >= 4 is 15.9 Å². The Morgan fingerprint density at radius 3 is 2.61 bits per heavy atom. The first-order chi connectivity index (χ1) is 8.43. The molecule has 18 heavy (non-hydrogen) atoms. The summed E-state index contributed by atoms with van der Waals surface area (Å²) in [6, 6.07) is 6.03. The fourth-order valence-corrected chi connectivity index (χ4v) is 2.87. The predicted molar refractivity (Wildman–Crippen MR) is 69.9 cm³/mol. The number of carbonyl (C=O) groups excluding carboxylic acids is 1. The summed E-state index contributed by atoms with van der Waals surface area (Å²) in [5, 5.41) is 2.47. The molecule has 0 saturated heterocycles. The second kappa shape index (κ2) is 5.97. The lowest BCUT2D eigenvalue weighted by molar-refractivity contribution is 0.0963. The van der Waals surface area contributed by atoms with Crippen LogP contribution in [0.2, 0.25) is 0 Å². The molecule has 0 aliphatic heterocycles. The van der Waals surface area contributed by atoms with Crippen LogP contribution in [0.3, 0.4) is 0 Å². The van der Waals surface area contributed by atoms with Gasteiger partial charge in [-0.1, -0.05) is 13.0 Å². The molecule has 0 aromatic heterocycles. The number of carbonyl (C=O) groups is 1. The Kier molecular flexibility index (Phi) is 4.86. The van der Waals surface area contributed by atoms with Gasteiger partial charge >= 0.3 is 0 Å².